The first-order chi connectivity index (χ1) is 11.8. The lowest BCUT2D eigenvalue weighted by Crippen LogP contribution is -3.10. The van der Waals surface area contributed by atoms with E-state index in [1.165, 1.54) is 23.5 Å². The Morgan fingerprint density at radius 3 is 2.20 bits per heavy atom. The molecule has 0 fully saturated rings. The van der Waals surface area contributed by atoms with Gasteiger partial charge in [0, 0.05) is 19.5 Å². The normalized spacial score (nSPS) is 19.2. The second kappa shape index (κ2) is 7.99. The molecule has 0 radical (unpaired) electrons. The number of nitrogens with zero attached hydrogens (tertiary/aromatic N) is 1. The summed E-state index contributed by atoms with van der Waals surface area (Å²) in [4.78, 5) is 3.89. The van der Waals surface area contributed by atoms with Gasteiger partial charge in [0.1, 0.15) is 15.8 Å². The van der Waals surface area contributed by atoms with E-state index in [0.717, 1.165) is 18.7 Å². The maximum Gasteiger partial charge on any atom is 0.165 e. The van der Waals surface area contributed by atoms with Crippen LogP contribution in [0.1, 0.15) is 26.3 Å². The Kier molecular flexibility index (Phi) is 6.21. The van der Waals surface area contributed by atoms with E-state index in [1.807, 2.05) is 6.92 Å². The predicted octanol–water partition coefficient (Wildman–Crippen LogP) is 2.31. The highest BCUT2D eigenvalue weighted by Crippen LogP contribution is 2.28. The van der Waals surface area contributed by atoms with Crippen LogP contribution in [-0.4, -0.2) is 32.2 Å². The van der Waals surface area contributed by atoms with Crippen LogP contribution in [0.5, 0.6) is 0 Å². The van der Waals surface area contributed by atoms with Gasteiger partial charge in [-0.1, -0.05) is 29.8 Å². The predicted molar refractivity (Wildman–Crippen MR) is 99.2 cm³/mol. The molecule has 1 N–H and O–H groups in total. The summed E-state index contributed by atoms with van der Waals surface area (Å²) >= 11 is 0. The molecule has 2 unspecified atom stereocenters. The zero-order valence-corrected chi connectivity index (χ0v) is 16.0. The Morgan fingerprint density at radius 2 is 1.68 bits per heavy atom. The topological polar surface area (TPSA) is 64.9 Å². The molecule has 0 saturated heterocycles. The van der Waals surface area contributed by atoms with Gasteiger partial charge in [-0.25, -0.2) is 8.42 Å². The first-order valence-electron chi connectivity index (χ1n) is 8.53. The van der Waals surface area contributed by atoms with Crippen LogP contribution < -0.4 is 9.80 Å². The molecule has 6 heteroatoms. The van der Waals surface area contributed by atoms with Crippen molar-refractivity contribution in [1.29, 1.82) is 0 Å². The SMILES string of the molecule is CCN1c2ccccc2[NH+](CC)C1C.Cc1ccc(S(=O)(=O)[O-])cc1. The lowest BCUT2D eigenvalue weighted by atomic mass is 10.2. The fourth-order valence-corrected chi connectivity index (χ4v) is 3.72. The van der Waals surface area contributed by atoms with Crippen molar-refractivity contribution in [1.82, 2.24) is 0 Å². The minimum absolute atomic E-state index is 0.178. The van der Waals surface area contributed by atoms with Crippen molar-refractivity contribution in [3.63, 3.8) is 0 Å². The van der Waals surface area contributed by atoms with Gasteiger partial charge >= 0.3 is 0 Å². The van der Waals surface area contributed by atoms with Crippen LogP contribution in [-0.2, 0) is 10.1 Å². The van der Waals surface area contributed by atoms with E-state index < -0.39 is 10.1 Å². The number of para-hydroxylation sites is 2. The fourth-order valence-electron chi connectivity index (χ4n) is 3.25. The zero-order valence-electron chi connectivity index (χ0n) is 15.2. The molecule has 2 aromatic rings. The molecule has 0 aromatic heterocycles. The van der Waals surface area contributed by atoms with Gasteiger partial charge in [-0.15, -0.1) is 0 Å². The second-order valence-electron chi connectivity index (χ2n) is 6.13. The molecule has 1 heterocycles. The summed E-state index contributed by atoms with van der Waals surface area (Å²) in [5.41, 5.74) is 3.81. The molecule has 0 aliphatic carbocycles. The van der Waals surface area contributed by atoms with Crippen molar-refractivity contribution >= 4 is 21.5 Å². The monoisotopic (exact) mass is 362 g/mol. The first kappa shape index (κ1) is 19.4. The van der Waals surface area contributed by atoms with Crippen molar-refractivity contribution in [3.05, 3.63) is 54.1 Å². The van der Waals surface area contributed by atoms with Gasteiger partial charge in [0.05, 0.1) is 11.4 Å². The number of aryl methyl sites for hydroxylation is 1. The van der Waals surface area contributed by atoms with E-state index >= 15 is 0 Å². The summed E-state index contributed by atoms with van der Waals surface area (Å²) in [6.45, 7) is 10.9. The summed E-state index contributed by atoms with van der Waals surface area (Å²) in [5, 5.41) is 0. The summed E-state index contributed by atoms with van der Waals surface area (Å²) in [7, 11) is -4.27. The van der Waals surface area contributed by atoms with Gasteiger partial charge in [-0.05, 0) is 39.0 Å². The van der Waals surface area contributed by atoms with E-state index in [1.54, 1.807) is 17.0 Å². The number of anilines is 1. The molecule has 3 rings (SSSR count). The lowest BCUT2D eigenvalue weighted by molar-refractivity contribution is -0.849. The molecule has 0 saturated carbocycles. The van der Waals surface area contributed by atoms with Crippen molar-refractivity contribution in [3.8, 4) is 0 Å². The van der Waals surface area contributed by atoms with Gasteiger partial charge < -0.3 is 9.45 Å². The zero-order chi connectivity index (χ0) is 18.6. The third-order valence-electron chi connectivity index (χ3n) is 4.56. The van der Waals surface area contributed by atoms with Gasteiger partial charge in [0.15, 0.2) is 11.9 Å². The van der Waals surface area contributed by atoms with Crippen LogP contribution in [0, 0.1) is 6.92 Å². The number of benzene rings is 2. The van der Waals surface area contributed by atoms with E-state index in [4.69, 9.17) is 0 Å². The average Bonchev–Trinajstić information content (AvgIpc) is 2.85. The van der Waals surface area contributed by atoms with Crippen molar-refractivity contribution in [2.45, 2.75) is 38.8 Å². The first-order valence-corrected chi connectivity index (χ1v) is 9.94. The van der Waals surface area contributed by atoms with Gasteiger partial charge in [-0.2, -0.15) is 0 Å². The minimum Gasteiger partial charge on any atom is -0.744 e. The van der Waals surface area contributed by atoms with Crippen LogP contribution >= 0.6 is 0 Å². The van der Waals surface area contributed by atoms with Crippen molar-refractivity contribution in [2.75, 3.05) is 18.0 Å². The molecule has 136 valence electrons. The summed E-state index contributed by atoms with van der Waals surface area (Å²) in [6.07, 6.45) is 0.586. The van der Waals surface area contributed by atoms with Crippen LogP contribution in [0.3, 0.4) is 0 Å². The third-order valence-corrected chi connectivity index (χ3v) is 5.41. The minimum atomic E-state index is -4.27. The number of fused-ring (bicyclic) bond motifs is 1. The number of rotatable bonds is 3. The fraction of sp³-hybridized carbons (Fsp3) is 0.368. The molecule has 2 atom stereocenters. The van der Waals surface area contributed by atoms with Gasteiger partial charge in [-0.3, -0.25) is 4.90 Å². The smallest absolute Gasteiger partial charge is 0.165 e. The quantitative estimate of drug-likeness (QED) is 0.851. The van der Waals surface area contributed by atoms with Gasteiger partial charge in [0.25, 0.3) is 0 Å². The number of hydrogen-bond acceptors (Lipinski definition) is 4. The highest BCUT2D eigenvalue weighted by Gasteiger charge is 2.35. The Bertz CT molecular complexity index is 773. The van der Waals surface area contributed by atoms with E-state index in [2.05, 4.69) is 49.9 Å². The molecule has 1 aliphatic heterocycles. The van der Waals surface area contributed by atoms with Crippen LogP contribution in [0.25, 0.3) is 0 Å². The molecular formula is C19H26N2O3S. The van der Waals surface area contributed by atoms with Crippen molar-refractivity contribution < 1.29 is 17.9 Å². The van der Waals surface area contributed by atoms with E-state index in [-0.39, 0.29) is 4.90 Å². The summed E-state index contributed by atoms with van der Waals surface area (Å²) in [6, 6.07) is 14.5. The van der Waals surface area contributed by atoms with Gasteiger partial charge in [0.2, 0.25) is 0 Å². The van der Waals surface area contributed by atoms with E-state index in [0.29, 0.717) is 6.17 Å². The highest BCUT2D eigenvalue weighted by molar-refractivity contribution is 7.85. The summed E-state index contributed by atoms with van der Waals surface area (Å²) in [5.74, 6) is 0. The van der Waals surface area contributed by atoms with Crippen LogP contribution in [0.15, 0.2) is 53.4 Å². The maximum absolute atomic E-state index is 10.4. The third kappa shape index (κ3) is 4.39. The number of quaternary nitrogens is 1. The Labute approximate surface area is 150 Å². The molecule has 0 spiro atoms. The average molecular weight is 362 g/mol. The van der Waals surface area contributed by atoms with Crippen LogP contribution in [0.2, 0.25) is 0 Å². The Hall–Kier alpha value is -1.89. The Balaban J connectivity index is 0.000000186. The maximum atomic E-state index is 10.4. The summed E-state index contributed by atoms with van der Waals surface area (Å²) < 4.78 is 31.2. The molecule has 25 heavy (non-hydrogen) atoms. The largest absolute Gasteiger partial charge is 0.744 e. The van der Waals surface area contributed by atoms with Crippen LogP contribution in [0.4, 0.5) is 11.4 Å². The molecule has 1 aliphatic rings. The Morgan fingerprint density at radius 1 is 1.08 bits per heavy atom. The lowest BCUT2D eigenvalue weighted by Gasteiger charge is -2.23. The second-order valence-corrected chi connectivity index (χ2v) is 7.50. The number of hydrogen-bond donors (Lipinski definition) is 1. The highest BCUT2D eigenvalue weighted by atomic mass is 32.2. The number of nitrogens with one attached hydrogen (secondary N) is 1. The standard InChI is InChI=1S/C12H18N2.C7H8O3S/c1-4-13-10(3)14(5-2)12-9-7-6-8-11(12)13;1-6-2-4-7(5-3-6)11(8,9)10/h6-10H,4-5H2,1-3H3;2-5H,1H3,(H,8,9,10). The van der Waals surface area contributed by atoms with E-state index in [9.17, 15) is 13.0 Å². The van der Waals surface area contributed by atoms with Crippen molar-refractivity contribution in [2.24, 2.45) is 0 Å². The molecule has 0 bridgehead atoms. The molecular weight excluding hydrogens is 336 g/mol. The molecule has 2 aromatic carbocycles. The molecule has 0 amide bonds. The molecule has 5 nitrogen and oxygen atoms in total.